The van der Waals surface area contributed by atoms with Crippen LogP contribution in [-0.2, 0) is 12.2 Å². The maximum absolute atomic E-state index is 13.1. The van der Waals surface area contributed by atoms with Crippen molar-refractivity contribution in [3.05, 3.63) is 107 Å². The molecule has 0 amide bonds. The average molecular weight is 410 g/mol. The van der Waals surface area contributed by atoms with Gasteiger partial charge in [0.2, 0.25) is 0 Å². The molecule has 0 aliphatic heterocycles. The van der Waals surface area contributed by atoms with E-state index in [1.165, 1.54) is 17.7 Å². The summed E-state index contributed by atoms with van der Waals surface area (Å²) in [5.41, 5.74) is 3.16. The Bertz CT molecular complexity index is 1050. The van der Waals surface area contributed by atoms with Gasteiger partial charge in [-0.3, -0.25) is 4.57 Å². The molecule has 0 N–H and O–H groups in total. The van der Waals surface area contributed by atoms with E-state index in [4.69, 9.17) is 11.6 Å². The molecular weight excluding hydrogens is 393 g/mol. The van der Waals surface area contributed by atoms with Gasteiger partial charge in [0.05, 0.1) is 0 Å². The molecule has 1 aromatic heterocycles. The van der Waals surface area contributed by atoms with Gasteiger partial charge in [-0.25, -0.2) is 4.39 Å². The highest BCUT2D eigenvalue weighted by Gasteiger charge is 2.15. The lowest BCUT2D eigenvalue weighted by Crippen LogP contribution is -2.03. The Morgan fingerprint density at radius 2 is 1.54 bits per heavy atom. The SMILES string of the molecule is Fc1ccc(CSc2nnc(Cc3ccccc3)n2-c2ccc(Cl)cc2)cc1. The first-order valence-corrected chi connectivity index (χ1v) is 10.2. The number of nitrogens with zero attached hydrogens (tertiary/aromatic N) is 3. The van der Waals surface area contributed by atoms with Crippen LogP contribution in [0.4, 0.5) is 4.39 Å². The Labute approximate surface area is 172 Å². The minimum atomic E-state index is -0.233. The fourth-order valence-electron chi connectivity index (χ4n) is 2.86. The largest absolute Gasteiger partial charge is 0.274 e. The molecule has 0 fully saturated rings. The van der Waals surface area contributed by atoms with Gasteiger partial charge in [0.1, 0.15) is 11.6 Å². The van der Waals surface area contributed by atoms with Crippen LogP contribution < -0.4 is 0 Å². The first-order valence-electron chi connectivity index (χ1n) is 8.80. The lowest BCUT2D eigenvalue weighted by atomic mass is 10.1. The third-order valence-corrected chi connectivity index (χ3v) is 5.52. The summed E-state index contributed by atoms with van der Waals surface area (Å²) >= 11 is 7.63. The molecule has 0 radical (unpaired) electrons. The van der Waals surface area contributed by atoms with Crippen molar-refractivity contribution in [1.29, 1.82) is 0 Å². The number of aromatic nitrogens is 3. The molecule has 28 heavy (non-hydrogen) atoms. The normalized spacial score (nSPS) is 10.9. The number of thioether (sulfide) groups is 1. The van der Waals surface area contributed by atoms with Crippen molar-refractivity contribution in [3.63, 3.8) is 0 Å². The van der Waals surface area contributed by atoms with Crippen molar-refractivity contribution in [2.75, 3.05) is 0 Å². The number of benzene rings is 3. The first-order chi connectivity index (χ1) is 13.7. The molecule has 0 aliphatic rings. The van der Waals surface area contributed by atoms with Gasteiger partial charge in [-0.05, 0) is 47.5 Å². The van der Waals surface area contributed by atoms with Crippen molar-refractivity contribution < 1.29 is 4.39 Å². The molecule has 0 unspecified atom stereocenters. The zero-order valence-corrected chi connectivity index (χ0v) is 16.5. The highest BCUT2D eigenvalue weighted by Crippen LogP contribution is 2.27. The van der Waals surface area contributed by atoms with Crippen LogP contribution in [0.2, 0.25) is 5.02 Å². The Hall–Kier alpha value is -2.63. The molecule has 4 rings (SSSR count). The molecule has 0 saturated heterocycles. The molecule has 3 nitrogen and oxygen atoms in total. The molecule has 0 saturated carbocycles. The lowest BCUT2D eigenvalue weighted by Gasteiger charge is -2.11. The van der Waals surface area contributed by atoms with Gasteiger partial charge in [0, 0.05) is 22.9 Å². The zero-order chi connectivity index (χ0) is 19.3. The summed E-state index contributed by atoms with van der Waals surface area (Å²) in [6.07, 6.45) is 0.674. The van der Waals surface area contributed by atoms with Crippen LogP contribution in [0.5, 0.6) is 0 Å². The van der Waals surface area contributed by atoms with Gasteiger partial charge in [-0.15, -0.1) is 10.2 Å². The summed E-state index contributed by atoms with van der Waals surface area (Å²) in [4.78, 5) is 0. The van der Waals surface area contributed by atoms with E-state index in [-0.39, 0.29) is 5.82 Å². The Morgan fingerprint density at radius 1 is 0.821 bits per heavy atom. The monoisotopic (exact) mass is 409 g/mol. The summed E-state index contributed by atoms with van der Waals surface area (Å²) in [6, 6.07) is 24.3. The summed E-state index contributed by atoms with van der Waals surface area (Å²) < 4.78 is 15.2. The number of halogens is 2. The van der Waals surface area contributed by atoms with Crippen LogP contribution in [0.3, 0.4) is 0 Å². The molecule has 4 aromatic rings. The Morgan fingerprint density at radius 3 is 2.25 bits per heavy atom. The zero-order valence-electron chi connectivity index (χ0n) is 14.9. The van der Waals surface area contributed by atoms with E-state index in [0.29, 0.717) is 17.2 Å². The minimum absolute atomic E-state index is 0.233. The predicted molar refractivity (Wildman–Crippen MR) is 112 cm³/mol. The lowest BCUT2D eigenvalue weighted by molar-refractivity contribution is 0.627. The molecule has 140 valence electrons. The van der Waals surface area contributed by atoms with Crippen LogP contribution in [0.25, 0.3) is 5.69 Å². The second-order valence-corrected chi connectivity index (χ2v) is 7.67. The number of hydrogen-bond donors (Lipinski definition) is 0. The van der Waals surface area contributed by atoms with Gasteiger partial charge in [0.15, 0.2) is 5.16 Å². The molecule has 6 heteroatoms. The van der Waals surface area contributed by atoms with Crippen LogP contribution in [0, 0.1) is 5.82 Å². The molecule has 0 spiro atoms. The van der Waals surface area contributed by atoms with E-state index in [1.54, 1.807) is 23.9 Å². The van der Waals surface area contributed by atoms with Crippen LogP contribution in [0.1, 0.15) is 17.0 Å². The maximum Gasteiger partial charge on any atom is 0.196 e. The standard InChI is InChI=1S/C22H17ClFN3S/c23-18-8-12-20(13-9-18)27-21(14-16-4-2-1-3-5-16)25-26-22(27)28-15-17-6-10-19(24)11-7-17/h1-13H,14-15H2. The molecule has 1 heterocycles. The first kappa shape index (κ1) is 18.7. The van der Waals surface area contributed by atoms with Crippen LogP contribution in [0.15, 0.2) is 84.0 Å². The van der Waals surface area contributed by atoms with Crippen molar-refractivity contribution in [3.8, 4) is 5.69 Å². The summed E-state index contributed by atoms with van der Waals surface area (Å²) in [5.74, 6) is 1.30. The molecule has 3 aromatic carbocycles. The second-order valence-electron chi connectivity index (χ2n) is 6.29. The molecule has 0 bridgehead atoms. The Balaban J connectivity index is 1.65. The number of rotatable bonds is 6. The van der Waals surface area contributed by atoms with Crippen LogP contribution >= 0.6 is 23.4 Å². The number of hydrogen-bond acceptors (Lipinski definition) is 3. The fourth-order valence-corrected chi connectivity index (χ4v) is 3.92. The third-order valence-electron chi connectivity index (χ3n) is 4.27. The summed E-state index contributed by atoms with van der Waals surface area (Å²) in [7, 11) is 0. The quantitative estimate of drug-likeness (QED) is 0.369. The minimum Gasteiger partial charge on any atom is -0.274 e. The highest BCUT2D eigenvalue weighted by molar-refractivity contribution is 7.98. The van der Waals surface area contributed by atoms with Crippen molar-refractivity contribution in [1.82, 2.24) is 14.8 Å². The van der Waals surface area contributed by atoms with Crippen molar-refractivity contribution in [2.45, 2.75) is 17.3 Å². The van der Waals surface area contributed by atoms with Gasteiger partial charge in [-0.1, -0.05) is 65.8 Å². The van der Waals surface area contributed by atoms with Crippen LogP contribution in [-0.4, -0.2) is 14.8 Å². The van der Waals surface area contributed by atoms with Gasteiger partial charge >= 0.3 is 0 Å². The van der Waals surface area contributed by atoms with Crippen molar-refractivity contribution >= 4 is 23.4 Å². The fraction of sp³-hybridized carbons (Fsp3) is 0.0909. The van der Waals surface area contributed by atoms with E-state index >= 15 is 0 Å². The van der Waals surface area contributed by atoms with E-state index in [0.717, 1.165) is 22.2 Å². The molecule has 0 atom stereocenters. The smallest absolute Gasteiger partial charge is 0.196 e. The van der Waals surface area contributed by atoms with E-state index in [1.807, 2.05) is 42.5 Å². The maximum atomic E-state index is 13.1. The third kappa shape index (κ3) is 4.43. The van der Waals surface area contributed by atoms with Crippen molar-refractivity contribution in [2.24, 2.45) is 0 Å². The summed E-state index contributed by atoms with van der Waals surface area (Å²) in [6.45, 7) is 0. The second kappa shape index (κ2) is 8.59. The highest BCUT2D eigenvalue weighted by atomic mass is 35.5. The average Bonchev–Trinajstić information content (AvgIpc) is 3.11. The molecular formula is C22H17ClFN3S. The molecule has 0 aliphatic carbocycles. The topological polar surface area (TPSA) is 30.7 Å². The van der Waals surface area contributed by atoms with E-state index in [9.17, 15) is 4.39 Å². The van der Waals surface area contributed by atoms with Gasteiger partial charge in [-0.2, -0.15) is 0 Å². The van der Waals surface area contributed by atoms with E-state index in [2.05, 4.69) is 26.9 Å². The van der Waals surface area contributed by atoms with Gasteiger partial charge < -0.3 is 0 Å². The Kier molecular flexibility index (Phi) is 5.74. The predicted octanol–water partition coefficient (Wildman–Crippen LogP) is 5.94. The van der Waals surface area contributed by atoms with Gasteiger partial charge in [0.25, 0.3) is 0 Å². The van der Waals surface area contributed by atoms with E-state index < -0.39 is 0 Å². The summed E-state index contributed by atoms with van der Waals surface area (Å²) in [5, 5.41) is 10.3.